The number of anilines is 1. The number of aliphatic hydroxyl groups excluding tert-OH is 1. The van der Waals surface area contributed by atoms with E-state index < -0.39 is 6.03 Å². The average molecular weight is 261 g/mol. The molecule has 5 heteroatoms. The van der Waals surface area contributed by atoms with Gasteiger partial charge in [-0.15, -0.1) is 0 Å². The Morgan fingerprint density at radius 1 is 1.42 bits per heavy atom. The van der Waals surface area contributed by atoms with Crippen molar-refractivity contribution < 1.29 is 9.90 Å². The number of aliphatic hydroxyl groups is 1. The van der Waals surface area contributed by atoms with Gasteiger partial charge in [-0.2, -0.15) is 5.26 Å². The first-order valence-corrected chi connectivity index (χ1v) is 6.24. The molecule has 1 unspecified atom stereocenters. The zero-order valence-electron chi connectivity index (χ0n) is 11.2. The molecule has 0 radical (unpaired) electrons. The molecule has 0 saturated carbocycles. The second-order valence-corrected chi connectivity index (χ2v) is 4.76. The summed E-state index contributed by atoms with van der Waals surface area (Å²) in [4.78, 5) is 11.8. The summed E-state index contributed by atoms with van der Waals surface area (Å²) < 4.78 is 0. The van der Waals surface area contributed by atoms with Gasteiger partial charge in [0.1, 0.15) is 6.07 Å². The lowest BCUT2D eigenvalue weighted by Gasteiger charge is -2.18. The minimum atomic E-state index is -0.414. The third kappa shape index (κ3) is 4.98. The van der Waals surface area contributed by atoms with Gasteiger partial charge in [0.25, 0.3) is 0 Å². The molecule has 0 saturated heterocycles. The number of hydrogen-bond donors (Lipinski definition) is 3. The van der Waals surface area contributed by atoms with E-state index in [2.05, 4.69) is 10.6 Å². The molecular weight excluding hydrogens is 242 g/mol. The Labute approximate surface area is 113 Å². The van der Waals surface area contributed by atoms with Crippen molar-refractivity contribution in [3.63, 3.8) is 0 Å². The number of nitriles is 1. The van der Waals surface area contributed by atoms with E-state index in [9.17, 15) is 9.90 Å². The second kappa shape index (κ2) is 7.39. The summed E-state index contributed by atoms with van der Waals surface area (Å²) in [5.74, 6) is 0.379. The Bertz CT molecular complexity index is 466. The van der Waals surface area contributed by atoms with Crippen molar-refractivity contribution in [1.29, 1.82) is 5.26 Å². The van der Waals surface area contributed by atoms with Crippen LogP contribution in [-0.4, -0.2) is 23.8 Å². The van der Waals surface area contributed by atoms with Crippen LogP contribution in [0.25, 0.3) is 0 Å². The van der Waals surface area contributed by atoms with Crippen molar-refractivity contribution >= 4 is 11.7 Å². The Morgan fingerprint density at radius 3 is 2.68 bits per heavy atom. The maximum Gasteiger partial charge on any atom is 0.319 e. The van der Waals surface area contributed by atoms with Gasteiger partial charge >= 0.3 is 6.03 Å². The van der Waals surface area contributed by atoms with Crippen molar-refractivity contribution in [2.24, 2.45) is 5.92 Å². The molecule has 5 nitrogen and oxygen atoms in total. The van der Waals surface area contributed by atoms with Crippen LogP contribution in [0.5, 0.6) is 0 Å². The fourth-order valence-corrected chi connectivity index (χ4v) is 1.78. The lowest BCUT2D eigenvalue weighted by atomic mass is 10.0. The summed E-state index contributed by atoms with van der Waals surface area (Å²) in [5, 5.41) is 23.4. The van der Waals surface area contributed by atoms with Crippen LogP contribution in [0, 0.1) is 17.2 Å². The lowest BCUT2D eigenvalue weighted by Crippen LogP contribution is -2.41. The van der Waals surface area contributed by atoms with Gasteiger partial charge in [0.15, 0.2) is 0 Å². The molecule has 0 aliphatic heterocycles. The number of carbonyl (C=O) groups excluding carboxylic acids is 1. The predicted octanol–water partition coefficient (Wildman–Crippen LogP) is 2.09. The number of nitrogens with zero attached hydrogens (tertiary/aromatic N) is 1. The third-order valence-electron chi connectivity index (χ3n) is 2.61. The SMILES string of the molecule is CC(C)CC(CO)NC(=O)Nc1ccccc1C#N. The number of urea groups is 1. The molecule has 0 heterocycles. The first-order valence-electron chi connectivity index (χ1n) is 6.24. The average Bonchev–Trinajstić information content (AvgIpc) is 2.38. The van der Waals surface area contributed by atoms with Gasteiger partial charge in [-0.3, -0.25) is 0 Å². The minimum Gasteiger partial charge on any atom is -0.394 e. The molecule has 0 aliphatic carbocycles. The predicted molar refractivity (Wildman–Crippen MR) is 73.6 cm³/mol. The lowest BCUT2D eigenvalue weighted by molar-refractivity contribution is 0.214. The Balaban J connectivity index is 2.62. The van der Waals surface area contributed by atoms with E-state index in [1.165, 1.54) is 0 Å². The molecular formula is C14H19N3O2. The third-order valence-corrected chi connectivity index (χ3v) is 2.61. The standard InChI is InChI=1S/C14H19N3O2/c1-10(2)7-12(9-18)16-14(19)17-13-6-4-3-5-11(13)8-15/h3-6,10,12,18H,7,9H2,1-2H3,(H2,16,17,19). The van der Waals surface area contributed by atoms with E-state index in [0.717, 1.165) is 0 Å². The normalized spacial score (nSPS) is 11.7. The number of nitrogens with one attached hydrogen (secondary N) is 2. The first-order chi connectivity index (χ1) is 9.06. The van der Waals surface area contributed by atoms with Crippen LogP contribution in [0.15, 0.2) is 24.3 Å². The monoisotopic (exact) mass is 261 g/mol. The van der Waals surface area contributed by atoms with Crippen LogP contribution in [0.3, 0.4) is 0 Å². The summed E-state index contributed by atoms with van der Waals surface area (Å²) in [6.07, 6.45) is 0.698. The highest BCUT2D eigenvalue weighted by atomic mass is 16.3. The van der Waals surface area contributed by atoms with E-state index in [4.69, 9.17) is 5.26 Å². The van der Waals surface area contributed by atoms with Crippen molar-refractivity contribution in [3.05, 3.63) is 29.8 Å². The smallest absolute Gasteiger partial charge is 0.319 e. The van der Waals surface area contributed by atoms with Crippen LogP contribution in [0.4, 0.5) is 10.5 Å². The number of hydrogen-bond acceptors (Lipinski definition) is 3. The van der Waals surface area contributed by atoms with Crippen molar-refractivity contribution in [2.45, 2.75) is 26.3 Å². The molecule has 0 aromatic heterocycles. The fourth-order valence-electron chi connectivity index (χ4n) is 1.78. The molecule has 2 amide bonds. The summed E-state index contributed by atoms with van der Waals surface area (Å²) in [7, 11) is 0. The summed E-state index contributed by atoms with van der Waals surface area (Å²) >= 11 is 0. The number of carbonyl (C=O) groups is 1. The molecule has 1 rings (SSSR count). The molecule has 1 aromatic rings. The van der Waals surface area contributed by atoms with Crippen LogP contribution in [0.2, 0.25) is 0 Å². The highest BCUT2D eigenvalue weighted by Gasteiger charge is 2.13. The molecule has 0 bridgehead atoms. The molecule has 102 valence electrons. The topological polar surface area (TPSA) is 85.2 Å². The van der Waals surface area contributed by atoms with E-state index in [1.807, 2.05) is 19.9 Å². The Kier molecular flexibility index (Phi) is 5.83. The summed E-state index contributed by atoms with van der Waals surface area (Å²) in [6.45, 7) is 3.94. The number of benzene rings is 1. The van der Waals surface area contributed by atoms with Gasteiger partial charge in [0.05, 0.1) is 23.9 Å². The van der Waals surface area contributed by atoms with Crippen LogP contribution in [-0.2, 0) is 0 Å². The molecule has 0 spiro atoms. The fraction of sp³-hybridized carbons (Fsp3) is 0.429. The molecule has 3 N–H and O–H groups in total. The maximum absolute atomic E-state index is 11.8. The summed E-state index contributed by atoms with van der Waals surface area (Å²) in [5.41, 5.74) is 0.866. The van der Waals surface area contributed by atoms with Crippen molar-refractivity contribution in [2.75, 3.05) is 11.9 Å². The first kappa shape index (κ1) is 15.0. The molecule has 0 aliphatic rings. The zero-order valence-corrected chi connectivity index (χ0v) is 11.2. The Hall–Kier alpha value is -2.06. The number of para-hydroxylation sites is 1. The van der Waals surface area contributed by atoms with Crippen LogP contribution < -0.4 is 10.6 Å². The van der Waals surface area contributed by atoms with Gasteiger partial charge in [0.2, 0.25) is 0 Å². The van der Waals surface area contributed by atoms with Crippen LogP contribution in [0.1, 0.15) is 25.8 Å². The molecule has 19 heavy (non-hydrogen) atoms. The largest absolute Gasteiger partial charge is 0.394 e. The molecule has 0 fully saturated rings. The van der Waals surface area contributed by atoms with Crippen LogP contribution >= 0.6 is 0 Å². The second-order valence-electron chi connectivity index (χ2n) is 4.76. The van der Waals surface area contributed by atoms with Gasteiger partial charge in [0, 0.05) is 0 Å². The quantitative estimate of drug-likeness (QED) is 0.758. The highest BCUT2D eigenvalue weighted by Crippen LogP contribution is 2.13. The molecule has 1 aromatic carbocycles. The Morgan fingerprint density at radius 2 is 2.11 bits per heavy atom. The van der Waals surface area contributed by atoms with Crippen molar-refractivity contribution in [1.82, 2.24) is 5.32 Å². The zero-order chi connectivity index (χ0) is 14.3. The van der Waals surface area contributed by atoms with Gasteiger partial charge < -0.3 is 15.7 Å². The van der Waals surface area contributed by atoms with E-state index >= 15 is 0 Å². The van der Waals surface area contributed by atoms with Gasteiger partial charge in [-0.05, 0) is 24.5 Å². The van der Waals surface area contributed by atoms with E-state index in [-0.39, 0.29) is 12.6 Å². The van der Waals surface area contributed by atoms with Gasteiger partial charge in [-0.1, -0.05) is 26.0 Å². The number of rotatable bonds is 5. The van der Waals surface area contributed by atoms with E-state index in [0.29, 0.717) is 23.6 Å². The number of amides is 2. The summed E-state index contributed by atoms with van der Waals surface area (Å²) in [6, 6.07) is 8.08. The maximum atomic E-state index is 11.8. The highest BCUT2D eigenvalue weighted by molar-refractivity contribution is 5.90. The van der Waals surface area contributed by atoms with Gasteiger partial charge in [-0.25, -0.2) is 4.79 Å². The van der Waals surface area contributed by atoms with Crippen molar-refractivity contribution in [3.8, 4) is 6.07 Å². The molecule has 1 atom stereocenters. The van der Waals surface area contributed by atoms with E-state index in [1.54, 1.807) is 24.3 Å². The minimum absolute atomic E-state index is 0.106.